The van der Waals surface area contributed by atoms with Crippen LogP contribution >= 0.6 is 0 Å². The molecule has 3 atom stereocenters. The van der Waals surface area contributed by atoms with Gasteiger partial charge in [0.1, 0.15) is 0 Å². The third-order valence-electron chi connectivity index (χ3n) is 4.14. The first-order valence-corrected chi connectivity index (χ1v) is 6.63. The van der Waals surface area contributed by atoms with E-state index in [2.05, 4.69) is 25.7 Å². The molecular formula is C13H28N2. The van der Waals surface area contributed by atoms with E-state index < -0.39 is 0 Å². The number of hydrogen-bond acceptors (Lipinski definition) is 2. The predicted molar refractivity (Wildman–Crippen MR) is 66.9 cm³/mol. The molecule has 0 aromatic rings. The molecule has 2 N–H and O–H groups in total. The Hall–Kier alpha value is -0.0800. The second kappa shape index (κ2) is 6.49. The SMILES string of the molecule is CCN(CCCN)C1CCC(C)C(C)C1. The van der Waals surface area contributed by atoms with Crippen molar-refractivity contribution in [2.24, 2.45) is 17.6 Å². The first-order valence-electron chi connectivity index (χ1n) is 6.63. The highest BCUT2D eigenvalue weighted by Gasteiger charge is 2.27. The van der Waals surface area contributed by atoms with E-state index in [1.165, 1.54) is 32.4 Å². The van der Waals surface area contributed by atoms with Gasteiger partial charge in [-0.1, -0.05) is 20.8 Å². The van der Waals surface area contributed by atoms with Crippen LogP contribution in [0, 0.1) is 11.8 Å². The number of rotatable bonds is 5. The number of hydrogen-bond donors (Lipinski definition) is 1. The van der Waals surface area contributed by atoms with E-state index in [9.17, 15) is 0 Å². The van der Waals surface area contributed by atoms with Crippen LogP contribution in [0.5, 0.6) is 0 Å². The van der Waals surface area contributed by atoms with E-state index in [1.54, 1.807) is 0 Å². The third-order valence-corrected chi connectivity index (χ3v) is 4.14. The van der Waals surface area contributed by atoms with Gasteiger partial charge in [0.15, 0.2) is 0 Å². The van der Waals surface area contributed by atoms with Crippen LogP contribution in [-0.2, 0) is 0 Å². The maximum absolute atomic E-state index is 5.58. The number of nitrogens with two attached hydrogens (primary N) is 1. The average Bonchev–Trinajstić information content (AvgIpc) is 2.24. The van der Waals surface area contributed by atoms with E-state index in [0.717, 1.165) is 30.8 Å². The van der Waals surface area contributed by atoms with Crippen LogP contribution in [0.25, 0.3) is 0 Å². The van der Waals surface area contributed by atoms with E-state index in [-0.39, 0.29) is 0 Å². The summed E-state index contributed by atoms with van der Waals surface area (Å²) in [6.07, 6.45) is 5.34. The minimum Gasteiger partial charge on any atom is -0.330 e. The molecule has 1 aliphatic rings. The molecule has 1 rings (SSSR count). The van der Waals surface area contributed by atoms with Gasteiger partial charge in [0.2, 0.25) is 0 Å². The quantitative estimate of drug-likeness (QED) is 0.758. The normalized spacial score (nSPS) is 32.2. The lowest BCUT2D eigenvalue weighted by Gasteiger charge is -2.38. The summed E-state index contributed by atoms with van der Waals surface area (Å²) in [5.41, 5.74) is 5.58. The average molecular weight is 212 g/mol. The van der Waals surface area contributed by atoms with Gasteiger partial charge in [-0.05, 0) is 57.2 Å². The summed E-state index contributed by atoms with van der Waals surface area (Å²) in [7, 11) is 0. The molecule has 2 nitrogen and oxygen atoms in total. The monoisotopic (exact) mass is 212 g/mol. The molecular weight excluding hydrogens is 184 g/mol. The second-order valence-corrected chi connectivity index (χ2v) is 5.19. The molecule has 1 fully saturated rings. The van der Waals surface area contributed by atoms with Gasteiger partial charge >= 0.3 is 0 Å². The Balaban J connectivity index is 2.39. The van der Waals surface area contributed by atoms with Crippen molar-refractivity contribution in [2.75, 3.05) is 19.6 Å². The predicted octanol–water partition coefficient (Wildman–Crippen LogP) is 2.48. The highest BCUT2D eigenvalue weighted by molar-refractivity contribution is 4.81. The van der Waals surface area contributed by atoms with Crippen molar-refractivity contribution in [3.8, 4) is 0 Å². The zero-order valence-corrected chi connectivity index (χ0v) is 10.7. The van der Waals surface area contributed by atoms with Crippen LogP contribution in [0.4, 0.5) is 0 Å². The van der Waals surface area contributed by atoms with Gasteiger partial charge in [-0.3, -0.25) is 0 Å². The zero-order valence-electron chi connectivity index (χ0n) is 10.7. The van der Waals surface area contributed by atoms with Crippen molar-refractivity contribution in [1.82, 2.24) is 4.90 Å². The summed E-state index contributed by atoms with van der Waals surface area (Å²) in [5, 5.41) is 0. The minimum atomic E-state index is 0.827. The van der Waals surface area contributed by atoms with Crippen LogP contribution in [0.15, 0.2) is 0 Å². The van der Waals surface area contributed by atoms with Crippen molar-refractivity contribution >= 4 is 0 Å². The Morgan fingerprint density at radius 3 is 2.47 bits per heavy atom. The largest absolute Gasteiger partial charge is 0.330 e. The fourth-order valence-electron chi connectivity index (χ4n) is 2.74. The standard InChI is InChI=1S/C13H28N2/c1-4-15(9-5-8-14)13-7-6-11(2)12(3)10-13/h11-13H,4-10,14H2,1-3H3. The van der Waals surface area contributed by atoms with Gasteiger partial charge in [0.25, 0.3) is 0 Å². The minimum absolute atomic E-state index is 0.827. The molecule has 0 aromatic heterocycles. The van der Waals surface area contributed by atoms with Crippen LogP contribution in [0.1, 0.15) is 46.5 Å². The van der Waals surface area contributed by atoms with E-state index in [1.807, 2.05) is 0 Å². The lowest BCUT2D eigenvalue weighted by Crippen LogP contribution is -2.41. The second-order valence-electron chi connectivity index (χ2n) is 5.19. The lowest BCUT2D eigenvalue weighted by atomic mass is 9.78. The first-order chi connectivity index (χ1) is 7.19. The van der Waals surface area contributed by atoms with Crippen molar-refractivity contribution in [2.45, 2.75) is 52.5 Å². The van der Waals surface area contributed by atoms with Gasteiger partial charge in [0.05, 0.1) is 0 Å². The molecule has 2 heteroatoms. The smallest absolute Gasteiger partial charge is 0.00978 e. The molecule has 0 aromatic carbocycles. The topological polar surface area (TPSA) is 29.3 Å². The Labute approximate surface area is 95.2 Å². The number of nitrogens with zero attached hydrogens (tertiary/aromatic N) is 1. The Morgan fingerprint density at radius 2 is 1.93 bits per heavy atom. The van der Waals surface area contributed by atoms with Gasteiger partial charge in [0, 0.05) is 6.04 Å². The molecule has 15 heavy (non-hydrogen) atoms. The summed E-state index contributed by atoms with van der Waals surface area (Å²) in [6.45, 7) is 10.3. The van der Waals surface area contributed by atoms with E-state index in [4.69, 9.17) is 5.73 Å². The van der Waals surface area contributed by atoms with Crippen molar-refractivity contribution in [3.05, 3.63) is 0 Å². The molecule has 1 aliphatic carbocycles. The van der Waals surface area contributed by atoms with Gasteiger partial charge in [-0.15, -0.1) is 0 Å². The molecule has 0 amide bonds. The fraction of sp³-hybridized carbons (Fsp3) is 1.00. The fourth-order valence-corrected chi connectivity index (χ4v) is 2.74. The lowest BCUT2D eigenvalue weighted by molar-refractivity contribution is 0.113. The summed E-state index contributed by atoms with van der Waals surface area (Å²) in [5.74, 6) is 1.82. The first kappa shape index (κ1) is 13.0. The molecule has 0 bridgehead atoms. The summed E-state index contributed by atoms with van der Waals surface area (Å²) in [4.78, 5) is 2.63. The highest BCUT2D eigenvalue weighted by Crippen LogP contribution is 2.31. The summed E-state index contributed by atoms with van der Waals surface area (Å²) < 4.78 is 0. The van der Waals surface area contributed by atoms with Crippen molar-refractivity contribution < 1.29 is 0 Å². The Bertz CT molecular complexity index is 170. The Kier molecular flexibility index (Phi) is 5.62. The summed E-state index contributed by atoms with van der Waals surface area (Å²) >= 11 is 0. The van der Waals surface area contributed by atoms with Crippen LogP contribution in [-0.4, -0.2) is 30.6 Å². The van der Waals surface area contributed by atoms with Crippen molar-refractivity contribution in [1.29, 1.82) is 0 Å². The molecule has 3 unspecified atom stereocenters. The third kappa shape index (κ3) is 3.76. The van der Waals surface area contributed by atoms with E-state index >= 15 is 0 Å². The van der Waals surface area contributed by atoms with Crippen molar-refractivity contribution in [3.63, 3.8) is 0 Å². The zero-order chi connectivity index (χ0) is 11.3. The van der Waals surface area contributed by atoms with Gasteiger partial charge < -0.3 is 10.6 Å². The maximum atomic E-state index is 5.58. The van der Waals surface area contributed by atoms with E-state index in [0.29, 0.717) is 0 Å². The molecule has 0 radical (unpaired) electrons. The van der Waals surface area contributed by atoms with Gasteiger partial charge in [-0.2, -0.15) is 0 Å². The molecule has 0 spiro atoms. The molecule has 0 heterocycles. The molecule has 90 valence electrons. The summed E-state index contributed by atoms with van der Waals surface area (Å²) in [6, 6.07) is 0.827. The molecule has 1 saturated carbocycles. The Morgan fingerprint density at radius 1 is 1.20 bits per heavy atom. The van der Waals surface area contributed by atoms with Crippen LogP contribution in [0.2, 0.25) is 0 Å². The molecule has 0 aliphatic heterocycles. The maximum Gasteiger partial charge on any atom is 0.00978 e. The highest BCUT2D eigenvalue weighted by atomic mass is 15.1. The van der Waals surface area contributed by atoms with Crippen LogP contribution in [0.3, 0.4) is 0 Å². The van der Waals surface area contributed by atoms with Gasteiger partial charge in [-0.25, -0.2) is 0 Å². The molecule has 0 saturated heterocycles. The van der Waals surface area contributed by atoms with Crippen LogP contribution < -0.4 is 5.73 Å².